The molecule has 0 radical (unpaired) electrons. The molecule has 2 rings (SSSR count). The van der Waals surface area contributed by atoms with Crippen LogP contribution in [0.5, 0.6) is 5.75 Å². The molecule has 1 saturated heterocycles. The number of hydrogen-bond donors (Lipinski definition) is 1. The lowest BCUT2D eigenvalue weighted by Gasteiger charge is -2.36. The lowest BCUT2D eigenvalue weighted by Crippen LogP contribution is -2.60. The van der Waals surface area contributed by atoms with E-state index in [1.165, 1.54) is 43.1 Å². The van der Waals surface area contributed by atoms with E-state index in [1.807, 2.05) is 0 Å². The highest BCUT2D eigenvalue weighted by Crippen LogP contribution is 2.28. The van der Waals surface area contributed by atoms with Gasteiger partial charge < -0.3 is 19.7 Å². The molecule has 0 aliphatic carbocycles. The van der Waals surface area contributed by atoms with E-state index in [4.69, 9.17) is 32.7 Å². The molecule has 2 atom stereocenters. The number of halogens is 2. The van der Waals surface area contributed by atoms with Crippen LogP contribution < -0.4 is 10.1 Å². The fraction of sp³-hybridized carbons (Fsp3) is 0.640. The SMILES string of the molecule is CCCCCCCCCCOC(=O)CC1C(=O)NCCN1C(=O)C(C)Oc1ccc(Cl)cc1Cl. The molecule has 0 spiro atoms. The van der Waals surface area contributed by atoms with Crippen LogP contribution in [-0.2, 0) is 19.1 Å². The number of carbonyl (C=O) groups is 3. The number of nitrogens with one attached hydrogen (secondary N) is 1. The first-order valence-corrected chi connectivity index (χ1v) is 12.9. The van der Waals surface area contributed by atoms with Gasteiger partial charge in [-0.25, -0.2) is 0 Å². The van der Waals surface area contributed by atoms with Gasteiger partial charge in [-0.2, -0.15) is 0 Å². The molecule has 1 N–H and O–H groups in total. The fourth-order valence-electron chi connectivity index (χ4n) is 3.87. The second-order valence-electron chi connectivity index (χ2n) is 8.57. The number of benzene rings is 1. The van der Waals surface area contributed by atoms with Gasteiger partial charge in [0.05, 0.1) is 18.1 Å². The van der Waals surface area contributed by atoms with E-state index in [1.54, 1.807) is 19.1 Å². The van der Waals surface area contributed by atoms with Crippen molar-refractivity contribution in [3.63, 3.8) is 0 Å². The topological polar surface area (TPSA) is 84.9 Å². The van der Waals surface area contributed by atoms with E-state index in [-0.39, 0.29) is 23.9 Å². The molecule has 2 unspecified atom stereocenters. The first-order valence-electron chi connectivity index (χ1n) is 12.2. The summed E-state index contributed by atoms with van der Waals surface area (Å²) in [6.45, 7) is 4.69. The van der Waals surface area contributed by atoms with E-state index < -0.39 is 24.0 Å². The lowest BCUT2D eigenvalue weighted by atomic mass is 10.1. The third-order valence-corrected chi connectivity index (χ3v) is 6.31. The average molecular weight is 515 g/mol. The zero-order valence-electron chi connectivity index (χ0n) is 20.1. The largest absolute Gasteiger partial charge is 0.479 e. The molecule has 1 aromatic carbocycles. The molecular weight excluding hydrogens is 479 g/mol. The first-order chi connectivity index (χ1) is 16.3. The molecule has 9 heteroatoms. The maximum atomic E-state index is 13.0. The molecule has 34 heavy (non-hydrogen) atoms. The summed E-state index contributed by atoms with van der Waals surface area (Å²) in [7, 11) is 0. The van der Waals surface area contributed by atoms with Gasteiger partial charge in [-0.1, -0.05) is 75.1 Å². The highest BCUT2D eigenvalue weighted by atomic mass is 35.5. The van der Waals surface area contributed by atoms with E-state index in [0.717, 1.165) is 19.3 Å². The molecule has 0 saturated carbocycles. The minimum absolute atomic E-state index is 0.191. The van der Waals surface area contributed by atoms with Crippen LogP contribution in [-0.4, -0.2) is 54.5 Å². The molecular formula is C25H36Cl2N2O5. The van der Waals surface area contributed by atoms with E-state index in [0.29, 0.717) is 23.9 Å². The Morgan fingerprint density at radius 2 is 1.79 bits per heavy atom. The average Bonchev–Trinajstić information content (AvgIpc) is 2.80. The Morgan fingerprint density at radius 3 is 2.47 bits per heavy atom. The van der Waals surface area contributed by atoms with Crippen LogP contribution in [0.15, 0.2) is 18.2 Å². The van der Waals surface area contributed by atoms with Gasteiger partial charge in [-0.3, -0.25) is 14.4 Å². The highest BCUT2D eigenvalue weighted by molar-refractivity contribution is 6.35. The molecule has 2 amide bonds. The van der Waals surface area contributed by atoms with Crippen molar-refractivity contribution in [2.24, 2.45) is 0 Å². The molecule has 190 valence electrons. The number of nitrogens with zero attached hydrogens (tertiary/aromatic N) is 1. The van der Waals surface area contributed by atoms with E-state index in [9.17, 15) is 14.4 Å². The summed E-state index contributed by atoms with van der Waals surface area (Å²) in [6, 6.07) is 3.78. The lowest BCUT2D eigenvalue weighted by molar-refractivity contribution is -0.154. The van der Waals surface area contributed by atoms with Crippen molar-refractivity contribution >= 4 is 41.0 Å². The molecule has 1 aromatic rings. The second-order valence-corrected chi connectivity index (χ2v) is 9.42. The summed E-state index contributed by atoms with van der Waals surface area (Å²) < 4.78 is 11.0. The maximum Gasteiger partial charge on any atom is 0.308 e. The van der Waals surface area contributed by atoms with Gasteiger partial charge in [0.15, 0.2) is 6.10 Å². The van der Waals surface area contributed by atoms with Crippen LogP contribution in [0.2, 0.25) is 10.0 Å². The van der Waals surface area contributed by atoms with E-state index >= 15 is 0 Å². The van der Waals surface area contributed by atoms with Gasteiger partial charge in [-0.05, 0) is 31.5 Å². The zero-order chi connectivity index (χ0) is 24.9. The Labute approximate surface area is 212 Å². The minimum atomic E-state index is -0.931. The zero-order valence-corrected chi connectivity index (χ0v) is 21.6. The fourth-order valence-corrected chi connectivity index (χ4v) is 4.32. The third kappa shape index (κ3) is 9.34. The van der Waals surface area contributed by atoms with Crippen LogP contribution in [0.25, 0.3) is 0 Å². The van der Waals surface area contributed by atoms with Gasteiger partial charge in [0.2, 0.25) is 5.91 Å². The van der Waals surface area contributed by atoms with Crippen LogP contribution in [0.1, 0.15) is 71.6 Å². The Bertz CT molecular complexity index is 820. The normalized spacial score (nSPS) is 16.6. The molecule has 0 aromatic heterocycles. The van der Waals surface area contributed by atoms with Gasteiger partial charge in [0, 0.05) is 18.1 Å². The Kier molecular flexibility index (Phi) is 12.5. The Morgan fingerprint density at radius 1 is 1.12 bits per heavy atom. The number of unbranched alkanes of at least 4 members (excludes halogenated alkanes) is 7. The summed E-state index contributed by atoms with van der Waals surface area (Å²) in [5.41, 5.74) is 0. The number of carbonyl (C=O) groups excluding carboxylic acids is 3. The van der Waals surface area contributed by atoms with Crippen molar-refractivity contribution in [3.05, 3.63) is 28.2 Å². The number of hydrogen-bond acceptors (Lipinski definition) is 5. The standard InChI is InChI=1S/C25H36Cl2N2O5/c1-3-4-5-6-7-8-9-10-15-33-23(30)17-21-24(31)28-13-14-29(21)25(32)18(2)34-22-12-11-19(26)16-20(22)27/h11-12,16,18,21H,3-10,13-15,17H2,1-2H3,(H,28,31). The molecule has 1 aliphatic rings. The number of piperazine rings is 1. The summed E-state index contributed by atoms with van der Waals surface area (Å²) >= 11 is 12.0. The summed E-state index contributed by atoms with van der Waals surface area (Å²) in [6.07, 6.45) is 8.09. The van der Waals surface area contributed by atoms with Crippen LogP contribution in [0.4, 0.5) is 0 Å². The van der Waals surface area contributed by atoms with Gasteiger partial charge in [0.25, 0.3) is 5.91 Å². The molecule has 0 bridgehead atoms. The summed E-state index contributed by atoms with van der Waals surface area (Å²) in [5.74, 6) is -0.950. The van der Waals surface area contributed by atoms with Crippen LogP contribution >= 0.6 is 23.2 Å². The van der Waals surface area contributed by atoms with Crippen molar-refractivity contribution in [3.8, 4) is 5.75 Å². The van der Waals surface area contributed by atoms with Crippen LogP contribution in [0.3, 0.4) is 0 Å². The number of esters is 1. The quantitative estimate of drug-likeness (QED) is 0.273. The van der Waals surface area contributed by atoms with Crippen molar-refractivity contribution in [2.75, 3.05) is 19.7 Å². The Hall–Kier alpha value is -1.99. The van der Waals surface area contributed by atoms with Crippen molar-refractivity contribution in [1.82, 2.24) is 10.2 Å². The first kappa shape index (κ1) is 28.2. The van der Waals surface area contributed by atoms with Crippen molar-refractivity contribution < 1.29 is 23.9 Å². The predicted octanol–water partition coefficient (Wildman–Crippen LogP) is 5.16. The predicted molar refractivity (Wildman–Crippen MR) is 133 cm³/mol. The number of rotatable bonds is 14. The highest BCUT2D eigenvalue weighted by Gasteiger charge is 2.37. The Balaban J connectivity index is 1.81. The monoisotopic (exact) mass is 514 g/mol. The maximum absolute atomic E-state index is 13.0. The van der Waals surface area contributed by atoms with Crippen molar-refractivity contribution in [2.45, 2.75) is 83.8 Å². The number of ether oxygens (including phenoxy) is 2. The van der Waals surface area contributed by atoms with Gasteiger partial charge in [0.1, 0.15) is 11.8 Å². The summed E-state index contributed by atoms with van der Waals surface area (Å²) in [5, 5.41) is 3.45. The minimum Gasteiger partial charge on any atom is -0.479 e. The smallest absolute Gasteiger partial charge is 0.308 e. The van der Waals surface area contributed by atoms with Gasteiger partial charge >= 0.3 is 5.97 Å². The molecule has 1 heterocycles. The van der Waals surface area contributed by atoms with Gasteiger partial charge in [-0.15, -0.1) is 0 Å². The third-order valence-electron chi connectivity index (χ3n) is 5.78. The molecule has 7 nitrogen and oxygen atoms in total. The molecule has 1 fully saturated rings. The van der Waals surface area contributed by atoms with Crippen molar-refractivity contribution in [1.29, 1.82) is 0 Å². The van der Waals surface area contributed by atoms with Crippen LogP contribution in [0, 0.1) is 0 Å². The second kappa shape index (κ2) is 15.1. The number of amides is 2. The van der Waals surface area contributed by atoms with E-state index in [2.05, 4.69) is 12.2 Å². The summed E-state index contributed by atoms with van der Waals surface area (Å²) in [4.78, 5) is 39.2. The molecule has 1 aliphatic heterocycles.